The maximum absolute atomic E-state index is 4.50. The first kappa shape index (κ1) is 12.6. The fourth-order valence-corrected chi connectivity index (χ4v) is 3.00. The number of nitrogens with one attached hydrogen (secondary N) is 1. The normalized spacial score (nSPS) is 18.7. The van der Waals surface area contributed by atoms with E-state index in [4.69, 9.17) is 0 Å². The number of imidazole rings is 1. The Morgan fingerprint density at radius 1 is 1.47 bits per heavy atom. The molecular weight excluding hydrogens is 210 g/mol. The van der Waals surface area contributed by atoms with Gasteiger partial charge in [-0.2, -0.15) is 0 Å². The van der Waals surface area contributed by atoms with Crippen molar-refractivity contribution in [3.05, 3.63) is 18.2 Å². The van der Waals surface area contributed by atoms with Gasteiger partial charge in [-0.25, -0.2) is 4.98 Å². The number of hydrogen-bond donors (Lipinski definition) is 1. The molecule has 0 amide bonds. The molecule has 1 atom stereocenters. The Bertz CT molecular complexity index is 326. The summed E-state index contributed by atoms with van der Waals surface area (Å²) in [5.41, 5.74) is 0. The van der Waals surface area contributed by atoms with Gasteiger partial charge < -0.3 is 9.88 Å². The second-order valence-corrected chi connectivity index (χ2v) is 5.14. The summed E-state index contributed by atoms with van der Waals surface area (Å²) in [5, 5.41) is 3.42. The molecule has 0 aromatic carbocycles. The molecule has 1 aromatic rings. The van der Waals surface area contributed by atoms with Crippen LogP contribution in [0.5, 0.6) is 0 Å². The van der Waals surface area contributed by atoms with E-state index in [1.54, 1.807) is 0 Å². The topological polar surface area (TPSA) is 29.9 Å². The van der Waals surface area contributed by atoms with Gasteiger partial charge in [0.15, 0.2) is 0 Å². The quantitative estimate of drug-likeness (QED) is 0.821. The van der Waals surface area contributed by atoms with E-state index in [0.717, 1.165) is 12.5 Å². The third-order valence-electron chi connectivity index (χ3n) is 4.09. The minimum absolute atomic E-state index is 0.422. The number of nitrogens with zero attached hydrogens (tertiary/aromatic N) is 2. The van der Waals surface area contributed by atoms with E-state index in [1.165, 1.54) is 44.3 Å². The van der Waals surface area contributed by atoms with E-state index < -0.39 is 0 Å². The van der Waals surface area contributed by atoms with Crippen molar-refractivity contribution in [3.63, 3.8) is 0 Å². The molecular formula is C14H25N3. The summed E-state index contributed by atoms with van der Waals surface area (Å²) in [7, 11) is 2.05. The average Bonchev–Trinajstić information content (AvgIpc) is 3.00. The lowest BCUT2D eigenvalue weighted by atomic mass is 9.98. The van der Waals surface area contributed by atoms with E-state index in [0.29, 0.717) is 6.04 Å². The summed E-state index contributed by atoms with van der Waals surface area (Å²) in [4.78, 5) is 4.50. The van der Waals surface area contributed by atoms with E-state index in [9.17, 15) is 0 Å². The minimum Gasteiger partial charge on any atom is -0.334 e. The van der Waals surface area contributed by atoms with Crippen molar-refractivity contribution in [3.8, 4) is 0 Å². The maximum Gasteiger partial charge on any atom is 0.125 e. The van der Waals surface area contributed by atoms with Crippen LogP contribution >= 0.6 is 0 Å². The standard InChI is InChI=1S/C14H25N3/c1-3-17-11-10-16-14(17)13(15-2)9-8-12-6-4-5-7-12/h10-13,15H,3-9H2,1-2H3. The van der Waals surface area contributed by atoms with Crippen molar-refractivity contribution < 1.29 is 0 Å². The lowest BCUT2D eigenvalue weighted by Gasteiger charge is -2.19. The zero-order chi connectivity index (χ0) is 12.1. The second kappa shape index (κ2) is 6.20. The smallest absolute Gasteiger partial charge is 0.125 e. The lowest BCUT2D eigenvalue weighted by Crippen LogP contribution is -2.21. The monoisotopic (exact) mass is 235 g/mol. The molecule has 0 aliphatic heterocycles. The number of rotatable bonds is 6. The van der Waals surface area contributed by atoms with Gasteiger partial charge in [0.2, 0.25) is 0 Å². The van der Waals surface area contributed by atoms with Crippen LogP contribution in [-0.4, -0.2) is 16.6 Å². The van der Waals surface area contributed by atoms with Crippen molar-refractivity contribution in [1.82, 2.24) is 14.9 Å². The van der Waals surface area contributed by atoms with E-state index in [2.05, 4.69) is 28.0 Å². The van der Waals surface area contributed by atoms with Crippen molar-refractivity contribution in [1.29, 1.82) is 0 Å². The Morgan fingerprint density at radius 3 is 2.88 bits per heavy atom. The summed E-state index contributed by atoms with van der Waals surface area (Å²) in [5.74, 6) is 2.17. The molecule has 1 aromatic heterocycles. The van der Waals surface area contributed by atoms with Gasteiger partial charge in [0.05, 0.1) is 6.04 Å². The van der Waals surface area contributed by atoms with Crippen LogP contribution in [0.15, 0.2) is 12.4 Å². The summed E-state index contributed by atoms with van der Waals surface area (Å²) < 4.78 is 2.25. The average molecular weight is 235 g/mol. The Labute approximate surface area is 105 Å². The number of aromatic nitrogens is 2. The fourth-order valence-electron chi connectivity index (χ4n) is 3.00. The van der Waals surface area contributed by atoms with Crippen molar-refractivity contribution in [2.24, 2.45) is 5.92 Å². The largest absolute Gasteiger partial charge is 0.334 e. The Morgan fingerprint density at radius 2 is 2.24 bits per heavy atom. The van der Waals surface area contributed by atoms with Crippen LogP contribution in [-0.2, 0) is 6.54 Å². The molecule has 0 saturated heterocycles. The SMILES string of the molecule is CCn1ccnc1C(CCC1CCCC1)NC. The third kappa shape index (κ3) is 3.09. The van der Waals surface area contributed by atoms with Gasteiger partial charge in [-0.1, -0.05) is 25.7 Å². The number of aryl methyl sites for hydroxylation is 1. The first-order valence-electron chi connectivity index (χ1n) is 7.03. The summed E-state index contributed by atoms with van der Waals surface area (Å²) in [6, 6.07) is 0.422. The van der Waals surface area contributed by atoms with Crippen molar-refractivity contribution in [2.45, 2.75) is 58.0 Å². The molecule has 3 nitrogen and oxygen atoms in total. The zero-order valence-electron chi connectivity index (χ0n) is 11.2. The van der Waals surface area contributed by atoms with Crippen LogP contribution in [0, 0.1) is 5.92 Å². The van der Waals surface area contributed by atoms with Crippen LogP contribution in [0.25, 0.3) is 0 Å². The van der Waals surface area contributed by atoms with E-state index in [-0.39, 0.29) is 0 Å². The minimum atomic E-state index is 0.422. The van der Waals surface area contributed by atoms with Gasteiger partial charge in [0, 0.05) is 18.9 Å². The van der Waals surface area contributed by atoms with Crippen molar-refractivity contribution in [2.75, 3.05) is 7.05 Å². The molecule has 1 fully saturated rings. The van der Waals surface area contributed by atoms with Gasteiger partial charge in [-0.3, -0.25) is 0 Å². The first-order valence-corrected chi connectivity index (χ1v) is 7.03. The Kier molecular flexibility index (Phi) is 4.60. The zero-order valence-corrected chi connectivity index (χ0v) is 11.2. The van der Waals surface area contributed by atoms with Crippen LogP contribution in [0.2, 0.25) is 0 Å². The summed E-state index contributed by atoms with van der Waals surface area (Å²) >= 11 is 0. The molecule has 96 valence electrons. The van der Waals surface area contributed by atoms with Crippen molar-refractivity contribution >= 4 is 0 Å². The molecule has 1 N–H and O–H groups in total. The molecule has 1 aliphatic carbocycles. The lowest BCUT2D eigenvalue weighted by molar-refractivity contribution is 0.409. The molecule has 1 aliphatic rings. The van der Waals surface area contributed by atoms with Crippen LogP contribution in [0.4, 0.5) is 0 Å². The van der Waals surface area contributed by atoms with E-state index in [1.807, 2.05) is 13.2 Å². The molecule has 3 heteroatoms. The molecule has 0 radical (unpaired) electrons. The summed E-state index contributed by atoms with van der Waals surface area (Å²) in [6.45, 7) is 3.19. The highest BCUT2D eigenvalue weighted by Gasteiger charge is 2.19. The van der Waals surface area contributed by atoms with Crippen LogP contribution in [0.1, 0.15) is 57.3 Å². The third-order valence-corrected chi connectivity index (χ3v) is 4.09. The summed E-state index contributed by atoms with van der Waals surface area (Å²) in [6.07, 6.45) is 12.3. The second-order valence-electron chi connectivity index (χ2n) is 5.14. The Hall–Kier alpha value is -0.830. The first-order chi connectivity index (χ1) is 8.35. The maximum atomic E-state index is 4.50. The van der Waals surface area contributed by atoms with Gasteiger partial charge in [-0.15, -0.1) is 0 Å². The van der Waals surface area contributed by atoms with Gasteiger partial charge in [0.1, 0.15) is 5.82 Å². The molecule has 2 rings (SSSR count). The highest BCUT2D eigenvalue weighted by molar-refractivity contribution is 4.99. The highest BCUT2D eigenvalue weighted by Crippen LogP contribution is 2.31. The molecule has 0 spiro atoms. The molecule has 0 bridgehead atoms. The molecule has 17 heavy (non-hydrogen) atoms. The molecule has 1 unspecified atom stereocenters. The fraction of sp³-hybridized carbons (Fsp3) is 0.786. The number of hydrogen-bond acceptors (Lipinski definition) is 2. The van der Waals surface area contributed by atoms with Crippen LogP contribution in [0.3, 0.4) is 0 Å². The van der Waals surface area contributed by atoms with Gasteiger partial charge >= 0.3 is 0 Å². The molecule has 1 heterocycles. The van der Waals surface area contributed by atoms with Gasteiger partial charge in [0.25, 0.3) is 0 Å². The predicted molar refractivity (Wildman–Crippen MR) is 70.9 cm³/mol. The Balaban J connectivity index is 1.91. The van der Waals surface area contributed by atoms with Crippen LogP contribution < -0.4 is 5.32 Å². The van der Waals surface area contributed by atoms with E-state index >= 15 is 0 Å². The molecule has 1 saturated carbocycles. The van der Waals surface area contributed by atoms with Gasteiger partial charge in [-0.05, 0) is 32.7 Å². The highest BCUT2D eigenvalue weighted by atomic mass is 15.1. The predicted octanol–water partition coefficient (Wildman–Crippen LogP) is 3.13.